The first kappa shape index (κ1) is 13.3. The number of hydrogen-bond donors (Lipinski definition) is 1. The van der Waals surface area contributed by atoms with Crippen molar-refractivity contribution in [3.8, 4) is 5.75 Å². The average Bonchev–Trinajstić information content (AvgIpc) is 2.35. The molecule has 0 fully saturated rings. The fraction of sp³-hybridized carbons (Fsp3) is 0.417. The zero-order valence-electron chi connectivity index (χ0n) is 10.3. The molecular formula is C12H17FN2O2. The fourth-order valence-corrected chi connectivity index (χ4v) is 1.45. The van der Waals surface area contributed by atoms with E-state index >= 15 is 0 Å². The lowest BCUT2D eigenvalue weighted by Crippen LogP contribution is -2.36. The van der Waals surface area contributed by atoms with Gasteiger partial charge >= 0.3 is 6.03 Å². The molecular weight excluding hydrogens is 223 g/mol. The number of nitrogens with one attached hydrogen (secondary N) is 1. The maximum atomic E-state index is 13.4. The number of urea groups is 1. The molecule has 0 bridgehead atoms. The normalized spacial score (nSPS) is 9.88. The third-order valence-corrected chi connectivity index (χ3v) is 2.51. The Bertz CT molecular complexity index is 396. The van der Waals surface area contributed by atoms with Crippen LogP contribution in [-0.4, -0.2) is 38.7 Å². The fourth-order valence-electron chi connectivity index (χ4n) is 1.45. The second-order valence-electron chi connectivity index (χ2n) is 3.70. The van der Waals surface area contributed by atoms with Crippen LogP contribution in [0.4, 0.5) is 9.18 Å². The molecule has 0 aliphatic carbocycles. The lowest BCUT2D eigenvalue weighted by molar-refractivity contribution is 0.211. The van der Waals surface area contributed by atoms with E-state index in [4.69, 9.17) is 4.74 Å². The van der Waals surface area contributed by atoms with E-state index in [0.29, 0.717) is 13.0 Å². The number of carbonyl (C=O) groups excluding carboxylic acids is 1. The van der Waals surface area contributed by atoms with E-state index in [2.05, 4.69) is 5.32 Å². The van der Waals surface area contributed by atoms with Crippen molar-refractivity contribution in [2.75, 3.05) is 27.7 Å². The van der Waals surface area contributed by atoms with Gasteiger partial charge in [-0.05, 0) is 24.1 Å². The van der Waals surface area contributed by atoms with Crippen LogP contribution in [0, 0.1) is 5.82 Å². The molecule has 0 aliphatic rings. The molecule has 0 heterocycles. The van der Waals surface area contributed by atoms with E-state index < -0.39 is 0 Å². The van der Waals surface area contributed by atoms with Gasteiger partial charge in [0, 0.05) is 20.6 Å². The molecule has 0 radical (unpaired) electrons. The van der Waals surface area contributed by atoms with E-state index in [-0.39, 0.29) is 17.6 Å². The number of benzene rings is 1. The highest BCUT2D eigenvalue weighted by atomic mass is 19.1. The minimum atomic E-state index is -0.382. The molecule has 0 spiro atoms. The first-order chi connectivity index (χ1) is 8.08. The third-order valence-electron chi connectivity index (χ3n) is 2.51. The molecule has 1 N–H and O–H groups in total. The first-order valence-electron chi connectivity index (χ1n) is 5.33. The number of nitrogens with zero attached hydrogens (tertiary/aromatic N) is 1. The molecule has 0 saturated carbocycles. The Morgan fingerprint density at radius 2 is 2.24 bits per heavy atom. The van der Waals surface area contributed by atoms with Gasteiger partial charge < -0.3 is 15.0 Å². The number of rotatable bonds is 4. The molecule has 4 nitrogen and oxygen atoms in total. The number of methoxy groups -OCH3 is 1. The van der Waals surface area contributed by atoms with Crippen LogP contribution in [-0.2, 0) is 6.42 Å². The molecule has 1 aromatic rings. The maximum absolute atomic E-state index is 13.4. The molecule has 94 valence electrons. The second-order valence-corrected chi connectivity index (χ2v) is 3.70. The summed E-state index contributed by atoms with van der Waals surface area (Å²) in [7, 11) is 4.70. The van der Waals surface area contributed by atoms with Crippen LogP contribution < -0.4 is 10.1 Å². The van der Waals surface area contributed by atoms with Gasteiger partial charge in [0.2, 0.25) is 0 Å². The molecule has 0 atom stereocenters. The van der Waals surface area contributed by atoms with Crippen molar-refractivity contribution in [1.82, 2.24) is 10.2 Å². The molecule has 2 amide bonds. The Morgan fingerprint density at radius 3 is 2.76 bits per heavy atom. The van der Waals surface area contributed by atoms with Gasteiger partial charge in [-0.25, -0.2) is 9.18 Å². The highest BCUT2D eigenvalue weighted by Gasteiger charge is 2.07. The maximum Gasteiger partial charge on any atom is 0.316 e. The lowest BCUT2D eigenvalue weighted by Gasteiger charge is -2.16. The van der Waals surface area contributed by atoms with Gasteiger partial charge in [-0.2, -0.15) is 0 Å². The van der Waals surface area contributed by atoms with Crippen molar-refractivity contribution in [2.45, 2.75) is 6.42 Å². The number of amides is 2. The molecule has 0 aromatic heterocycles. The van der Waals surface area contributed by atoms with E-state index in [1.165, 1.54) is 13.2 Å². The lowest BCUT2D eigenvalue weighted by atomic mass is 10.1. The molecule has 1 aromatic carbocycles. The summed E-state index contributed by atoms with van der Waals surface area (Å²) < 4.78 is 18.2. The smallest absolute Gasteiger partial charge is 0.316 e. The summed E-state index contributed by atoms with van der Waals surface area (Å²) in [5, 5.41) is 2.52. The van der Waals surface area contributed by atoms with Gasteiger partial charge in [-0.15, -0.1) is 0 Å². The molecule has 0 saturated heterocycles. The monoisotopic (exact) mass is 240 g/mol. The van der Waals surface area contributed by atoms with Gasteiger partial charge in [-0.1, -0.05) is 6.07 Å². The Kier molecular flexibility index (Phi) is 4.75. The van der Waals surface area contributed by atoms with E-state index in [1.54, 1.807) is 31.1 Å². The summed E-state index contributed by atoms with van der Waals surface area (Å²) in [4.78, 5) is 12.8. The summed E-state index contributed by atoms with van der Waals surface area (Å²) >= 11 is 0. The van der Waals surface area contributed by atoms with Crippen molar-refractivity contribution in [2.24, 2.45) is 0 Å². The van der Waals surface area contributed by atoms with Gasteiger partial charge in [0.1, 0.15) is 0 Å². The Hall–Kier alpha value is -1.78. The summed E-state index contributed by atoms with van der Waals surface area (Å²) in [5.74, 6) is -0.152. The zero-order chi connectivity index (χ0) is 12.8. The van der Waals surface area contributed by atoms with Crippen molar-refractivity contribution in [3.05, 3.63) is 29.6 Å². The van der Waals surface area contributed by atoms with Crippen LogP contribution in [0.25, 0.3) is 0 Å². The minimum absolute atomic E-state index is 0.154. The minimum Gasteiger partial charge on any atom is -0.494 e. The third kappa shape index (κ3) is 3.62. The SMILES string of the molecule is CNC(=O)N(C)CCc1ccc(OC)c(F)c1. The molecule has 5 heteroatoms. The first-order valence-corrected chi connectivity index (χ1v) is 5.33. The van der Waals surface area contributed by atoms with Crippen molar-refractivity contribution < 1.29 is 13.9 Å². The second kappa shape index (κ2) is 6.08. The van der Waals surface area contributed by atoms with Crippen molar-refractivity contribution >= 4 is 6.03 Å². The van der Waals surface area contributed by atoms with Gasteiger partial charge in [0.05, 0.1) is 7.11 Å². The summed E-state index contributed by atoms with van der Waals surface area (Å²) in [5.41, 5.74) is 0.832. The molecule has 0 unspecified atom stereocenters. The Labute approximate surface area is 100 Å². The standard InChI is InChI=1S/C12H17FN2O2/c1-14-12(16)15(2)7-6-9-4-5-11(17-3)10(13)8-9/h4-5,8H,6-7H2,1-3H3,(H,14,16). The van der Waals surface area contributed by atoms with Crippen LogP contribution in [0.15, 0.2) is 18.2 Å². The predicted molar refractivity (Wildman–Crippen MR) is 63.7 cm³/mol. The van der Waals surface area contributed by atoms with Crippen LogP contribution in [0.1, 0.15) is 5.56 Å². The Morgan fingerprint density at radius 1 is 1.53 bits per heavy atom. The number of likely N-dealkylation sites (N-methyl/N-ethyl adjacent to an activating group) is 1. The van der Waals surface area contributed by atoms with E-state index in [0.717, 1.165) is 5.56 Å². The topological polar surface area (TPSA) is 41.6 Å². The van der Waals surface area contributed by atoms with Crippen LogP contribution in [0.2, 0.25) is 0 Å². The quantitative estimate of drug-likeness (QED) is 0.869. The number of ether oxygens (including phenoxy) is 1. The van der Waals surface area contributed by atoms with Gasteiger partial charge in [-0.3, -0.25) is 0 Å². The number of halogens is 1. The van der Waals surface area contributed by atoms with Crippen LogP contribution >= 0.6 is 0 Å². The molecule has 1 rings (SSSR count). The van der Waals surface area contributed by atoms with Crippen molar-refractivity contribution in [3.63, 3.8) is 0 Å². The van der Waals surface area contributed by atoms with Crippen LogP contribution in [0.3, 0.4) is 0 Å². The summed E-state index contributed by atoms with van der Waals surface area (Å²) in [6.07, 6.45) is 0.602. The van der Waals surface area contributed by atoms with E-state index in [9.17, 15) is 9.18 Å². The zero-order valence-corrected chi connectivity index (χ0v) is 10.3. The highest BCUT2D eigenvalue weighted by molar-refractivity contribution is 5.73. The summed E-state index contributed by atoms with van der Waals surface area (Å²) in [6, 6.07) is 4.65. The Balaban J connectivity index is 2.58. The highest BCUT2D eigenvalue weighted by Crippen LogP contribution is 2.17. The van der Waals surface area contributed by atoms with E-state index in [1.807, 2.05) is 0 Å². The molecule has 0 aliphatic heterocycles. The van der Waals surface area contributed by atoms with Crippen molar-refractivity contribution in [1.29, 1.82) is 0 Å². The van der Waals surface area contributed by atoms with Gasteiger partial charge in [0.15, 0.2) is 11.6 Å². The molecule has 17 heavy (non-hydrogen) atoms. The summed E-state index contributed by atoms with van der Waals surface area (Å²) in [6.45, 7) is 0.533. The average molecular weight is 240 g/mol. The number of hydrogen-bond acceptors (Lipinski definition) is 2. The number of carbonyl (C=O) groups is 1. The largest absolute Gasteiger partial charge is 0.494 e. The van der Waals surface area contributed by atoms with Gasteiger partial charge in [0.25, 0.3) is 0 Å². The van der Waals surface area contributed by atoms with Crippen LogP contribution in [0.5, 0.6) is 5.75 Å². The predicted octanol–water partition coefficient (Wildman–Crippen LogP) is 1.65.